The third kappa shape index (κ3) is 7.20. The Kier molecular flexibility index (Phi) is 8.52. The molecule has 0 amide bonds. The number of aliphatic hydroxyl groups excluding tert-OH is 1. The highest BCUT2D eigenvalue weighted by molar-refractivity contribution is 6.42. The molecule has 0 fully saturated rings. The second kappa shape index (κ2) is 9.63. The minimum absolute atomic E-state index is 0.275. The summed E-state index contributed by atoms with van der Waals surface area (Å²) < 4.78 is 0. The van der Waals surface area contributed by atoms with Crippen LogP contribution in [0.2, 0.25) is 10.0 Å². The van der Waals surface area contributed by atoms with Crippen molar-refractivity contribution in [3.05, 3.63) is 33.8 Å². The molecule has 0 saturated heterocycles. The second-order valence-electron chi connectivity index (χ2n) is 5.16. The Morgan fingerprint density at radius 3 is 2.37 bits per heavy atom. The summed E-state index contributed by atoms with van der Waals surface area (Å²) >= 11 is 11.8. The van der Waals surface area contributed by atoms with Crippen LogP contribution in [0.25, 0.3) is 0 Å². The molecule has 0 radical (unpaired) electrons. The van der Waals surface area contributed by atoms with Crippen molar-refractivity contribution in [2.45, 2.75) is 64.4 Å². The number of halogens is 2. The van der Waals surface area contributed by atoms with E-state index in [0.29, 0.717) is 16.5 Å². The molecule has 0 aromatic heterocycles. The molecule has 108 valence electrons. The van der Waals surface area contributed by atoms with Crippen LogP contribution < -0.4 is 0 Å². The number of hydrogen-bond donors (Lipinski definition) is 1. The van der Waals surface area contributed by atoms with Gasteiger partial charge in [0.2, 0.25) is 0 Å². The van der Waals surface area contributed by atoms with Crippen LogP contribution in [-0.4, -0.2) is 11.2 Å². The van der Waals surface area contributed by atoms with Crippen LogP contribution in [0.5, 0.6) is 0 Å². The van der Waals surface area contributed by atoms with Gasteiger partial charge >= 0.3 is 0 Å². The van der Waals surface area contributed by atoms with Crippen molar-refractivity contribution in [3.8, 4) is 0 Å². The maximum Gasteiger partial charge on any atom is 0.0595 e. The fourth-order valence-electron chi connectivity index (χ4n) is 2.20. The number of benzene rings is 1. The molecule has 1 N–H and O–H groups in total. The van der Waals surface area contributed by atoms with E-state index in [1.54, 1.807) is 6.07 Å². The summed E-state index contributed by atoms with van der Waals surface area (Å²) in [7, 11) is 0. The monoisotopic (exact) mass is 302 g/mol. The molecular weight excluding hydrogens is 279 g/mol. The van der Waals surface area contributed by atoms with Crippen LogP contribution in [-0.2, 0) is 6.42 Å². The average molecular weight is 303 g/mol. The fourth-order valence-corrected chi connectivity index (χ4v) is 2.52. The molecule has 0 aliphatic carbocycles. The molecule has 1 unspecified atom stereocenters. The normalized spacial score (nSPS) is 12.6. The first-order valence-electron chi connectivity index (χ1n) is 7.25. The minimum Gasteiger partial charge on any atom is -0.393 e. The average Bonchev–Trinajstić information content (AvgIpc) is 2.38. The molecular formula is C16H24Cl2O. The van der Waals surface area contributed by atoms with Crippen LogP contribution >= 0.6 is 23.2 Å². The zero-order valence-corrected chi connectivity index (χ0v) is 13.2. The number of unbranched alkanes of at least 4 members (excludes halogenated alkanes) is 5. The molecule has 0 bridgehead atoms. The highest BCUT2D eigenvalue weighted by atomic mass is 35.5. The van der Waals surface area contributed by atoms with E-state index in [4.69, 9.17) is 23.2 Å². The van der Waals surface area contributed by atoms with Gasteiger partial charge in [-0.05, 0) is 30.5 Å². The van der Waals surface area contributed by atoms with Crippen molar-refractivity contribution in [1.29, 1.82) is 0 Å². The second-order valence-corrected chi connectivity index (χ2v) is 5.98. The Labute approximate surface area is 126 Å². The van der Waals surface area contributed by atoms with Crippen LogP contribution in [0, 0.1) is 0 Å². The third-order valence-corrected chi connectivity index (χ3v) is 4.09. The molecule has 1 aromatic rings. The SMILES string of the molecule is CCCCCCCCC(O)Cc1ccc(Cl)c(Cl)c1. The molecule has 3 heteroatoms. The zero-order valence-electron chi connectivity index (χ0n) is 11.7. The van der Waals surface area contributed by atoms with Crippen LogP contribution in [0.15, 0.2) is 18.2 Å². The third-order valence-electron chi connectivity index (χ3n) is 3.35. The lowest BCUT2D eigenvalue weighted by Gasteiger charge is -2.11. The van der Waals surface area contributed by atoms with E-state index in [0.717, 1.165) is 18.4 Å². The molecule has 0 heterocycles. The van der Waals surface area contributed by atoms with Gasteiger partial charge in [-0.1, -0.05) is 74.7 Å². The molecule has 0 aliphatic heterocycles. The lowest BCUT2D eigenvalue weighted by molar-refractivity contribution is 0.161. The fraction of sp³-hybridized carbons (Fsp3) is 0.625. The highest BCUT2D eigenvalue weighted by Crippen LogP contribution is 2.23. The summed E-state index contributed by atoms with van der Waals surface area (Å²) in [4.78, 5) is 0. The van der Waals surface area contributed by atoms with Gasteiger partial charge in [-0.2, -0.15) is 0 Å². The van der Waals surface area contributed by atoms with Crippen molar-refractivity contribution in [3.63, 3.8) is 0 Å². The van der Waals surface area contributed by atoms with Gasteiger partial charge in [-0.25, -0.2) is 0 Å². The molecule has 1 atom stereocenters. The molecule has 0 saturated carbocycles. The quantitative estimate of drug-likeness (QED) is 0.585. The predicted octanol–water partition coefficient (Wildman–Crippen LogP) is 5.65. The first kappa shape index (κ1) is 16.8. The Morgan fingerprint density at radius 1 is 1.00 bits per heavy atom. The standard InChI is InChI=1S/C16H24Cl2O/c1-2-3-4-5-6-7-8-14(19)11-13-9-10-15(17)16(18)12-13/h9-10,12,14,19H,2-8,11H2,1H3. The van der Waals surface area contributed by atoms with Gasteiger partial charge in [-0.15, -0.1) is 0 Å². The van der Waals surface area contributed by atoms with E-state index in [-0.39, 0.29) is 6.10 Å². The van der Waals surface area contributed by atoms with Gasteiger partial charge in [0.1, 0.15) is 0 Å². The highest BCUT2D eigenvalue weighted by Gasteiger charge is 2.07. The van der Waals surface area contributed by atoms with Crippen molar-refractivity contribution in [1.82, 2.24) is 0 Å². The van der Waals surface area contributed by atoms with Crippen molar-refractivity contribution >= 4 is 23.2 Å². The van der Waals surface area contributed by atoms with Gasteiger partial charge in [0.15, 0.2) is 0 Å². The first-order valence-corrected chi connectivity index (χ1v) is 8.01. The molecule has 1 rings (SSSR count). The Balaban J connectivity index is 2.19. The van der Waals surface area contributed by atoms with Gasteiger partial charge < -0.3 is 5.11 Å². The van der Waals surface area contributed by atoms with Gasteiger partial charge in [0.05, 0.1) is 16.1 Å². The molecule has 19 heavy (non-hydrogen) atoms. The molecule has 1 nitrogen and oxygen atoms in total. The van der Waals surface area contributed by atoms with Gasteiger partial charge in [0, 0.05) is 0 Å². The minimum atomic E-state index is -0.275. The summed E-state index contributed by atoms with van der Waals surface area (Å²) in [5.74, 6) is 0. The van der Waals surface area contributed by atoms with Gasteiger partial charge in [0.25, 0.3) is 0 Å². The van der Waals surface area contributed by atoms with Crippen LogP contribution in [0.1, 0.15) is 57.4 Å². The molecule has 1 aromatic carbocycles. The van der Waals surface area contributed by atoms with Crippen molar-refractivity contribution < 1.29 is 5.11 Å². The number of aliphatic hydroxyl groups is 1. The van der Waals surface area contributed by atoms with Crippen molar-refractivity contribution in [2.24, 2.45) is 0 Å². The van der Waals surface area contributed by atoms with E-state index >= 15 is 0 Å². The first-order chi connectivity index (χ1) is 9.13. The lowest BCUT2D eigenvalue weighted by Crippen LogP contribution is -2.10. The summed E-state index contributed by atoms with van der Waals surface area (Å²) in [6, 6.07) is 5.56. The smallest absolute Gasteiger partial charge is 0.0595 e. The Hall–Kier alpha value is -0.240. The van der Waals surface area contributed by atoms with E-state index < -0.39 is 0 Å². The topological polar surface area (TPSA) is 20.2 Å². The molecule has 0 aliphatic rings. The molecule has 0 spiro atoms. The Bertz CT molecular complexity index is 366. The van der Waals surface area contributed by atoms with Gasteiger partial charge in [-0.3, -0.25) is 0 Å². The van der Waals surface area contributed by atoms with Crippen LogP contribution in [0.4, 0.5) is 0 Å². The van der Waals surface area contributed by atoms with E-state index in [1.165, 1.54) is 32.1 Å². The largest absolute Gasteiger partial charge is 0.393 e. The lowest BCUT2D eigenvalue weighted by atomic mass is 10.0. The number of rotatable bonds is 9. The zero-order chi connectivity index (χ0) is 14.1. The summed E-state index contributed by atoms with van der Waals surface area (Å²) in [6.07, 6.45) is 8.78. The van der Waals surface area contributed by atoms with E-state index in [9.17, 15) is 5.11 Å². The van der Waals surface area contributed by atoms with Crippen molar-refractivity contribution in [2.75, 3.05) is 0 Å². The predicted molar refractivity (Wildman–Crippen MR) is 84.2 cm³/mol. The van der Waals surface area contributed by atoms with E-state index in [2.05, 4.69) is 6.92 Å². The Morgan fingerprint density at radius 2 is 1.68 bits per heavy atom. The maximum absolute atomic E-state index is 9.99. The summed E-state index contributed by atoms with van der Waals surface area (Å²) in [6.45, 7) is 2.22. The summed E-state index contributed by atoms with van der Waals surface area (Å²) in [5.41, 5.74) is 1.05. The summed E-state index contributed by atoms with van der Waals surface area (Å²) in [5, 5.41) is 11.1. The van der Waals surface area contributed by atoms with Crippen LogP contribution in [0.3, 0.4) is 0 Å². The van der Waals surface area contributed by atoms with E-state index in [1.807, 2.05) is 12.1 Å². The number of hydrogen-bond acceptors (Lipinski definition) is 1. The maximum atomic E-state index is 9.99.